The highest BCUT2D eigenvalue weighted by Crippen LogP contribution is 2.32. The summed E-state index contributed by atoms with van der Waals surface area (Å²) in [5, 5.41) is 3.00. The van der Waals surface area contributed by atoms with Gasteiger partial charge in [-0.2, -0.15) is 4.31 Å². The Morgan fingerprint density at radius 1 is 1.17 bits per heavy atom. The molecule has 1 atom stereocenters. The van der Waals surface area contributed by atoms with Crippen molar-refractivity contribution < 1.29 is 22.4 Å². The number of benzene rings is 1. The fourth-order valence-corrected chi connectivity index (χ4v) is 5.00. The third kappa shape index (κ3) is 4.61. The second kappa shape index (κ2) is 8.39. The number of hydrogen-bond donors (Lipinski definition) is 1. The normalized spacial score (nSPS) is 24.9. The van der Waals surface area contributed by atoms with Gasteiger partial charge in [0.2, 0.25) is 21.8 Å². The average molecular weight is 426 g/mol. The van der Waals surface area contributed by atoms with E-state index in [0.717, 1.165) is 54.0 Å². The first-order chi connectivity index (χ1) is 13.6. The first kappa shape index (κ1) is 21.7. The lowest BCUT2D eigenvalue weighted by atomic mass is 9.93. The fourth-order valence-electron chi connectivity index (χ4n) is 4.17. The molecule has 2 amide bonds. The number of para-hydroxylation sites is 1. The largest absolute Gasteiger partial charge is 0.351 e. The van der Waals surface area contributed by atoms with E-state index in [1.54, 1.807) is 6.07 Å². The Morgan fingerprint density at radius 2 is 1.79 bits per heavy atom. The zero-order valence-electron chi connectivity index (χ0n) is 16.9. The van der Waals surface area contributed by atoms with Crippen LogP contribution in [0, 0.1) is 5.82 Å². The molecule has 1 saturated carbocycles. The second-order valence-electron chi connectivity index (χ2n) is 8.15. The van der Waals surface area contributed by atoms with Crippen molar-refractivity contribution in [3.05, 3.63) is 30.1 Å². The van der Waals surface area contributed by atoms with Crippen LogP contribution in [0.15, 0.2) is 24.3 Å². The van der Waals surface area contributed by atoms with Gasteiger partial charge < -0.3 is 5.32 Å². The monoisotopic (exact) mass is 425 g/mol. The summed E-state index contributed by atoms with van der Waals surface area (Å²) in [6, 6.07) is 5.69. The molecule has 1 heterocycles. The SMILES string of the molecule is C[C@@]1(C(=O)NC2CCCCCC2)CN(S(C)(=O)=O)CC(=O)N1c1ccccc1F. The van der Waals surface area contributed by atoms with E-state index in [1.807, 2.05) is 0 Å². The van der Waals surface area contributed by atoms with Crippen molar-refractivity contribution >= 4 is 27.5 Å². The van der Waals surface area contributed by atoms with Crippen LogP contribution in [0.25, 0.3) is 0 Å². The van der Waals surface area contributed by atoms with Gasteiger partial charge in [0.25, 0.3) is 0 Å². The van der Waals surface area contributed by atoms with Gasteiger partial charge in [-0.15, -0.1) is 0 Å². The summed E-state index contributed by atoms with van der Waals surface area (Å²) >= 11 is 0. The fraction of sp³-hybridized carbons (Fsp3) is 0.600. The summed E-state index contributed by atoms with van der Waals surface area (Å²) in [5.41, 5.74) is -1.59. The number of amides is 2. The molecular formula is C20H28FN3O4S. The highest BCUT2D eigenvalue weighted by atomic mass is 32.2. The summed E-state index contributed by atoms with van der Waals surface area (Å²) in [5.74, 6) is -1.73. The van der Waals surface area contributed by atoms with E-state index < -0.39 is 39.7 Å². The Balaban J connectivity index is 1.98. The van der Waals surface area contributed by atoms with Gasteiger partial charge in [-0.05, 0) is 31.9 Å². The Hall–Kier alpha value is -2.00. The smallest absolute Gasteiger partial charge is 0.247 e. The molecule has 9 heteroatoms. The van der Waals surface area contributed by atoms with E-state index in [9.17, 15) is 22.4 Å². The standard InChI is InChI=1S/C20H28FN3O4S/c1-20(19(26)22-15-9-5-3-4-6-10-15)14-23(29(2,27)28)13-18(25)24(20)17-12-8-7-11-16(17)21/h7-8,11-12,15H,3-6,9-10,13-14H2,1-2H3,(H,22,26)/t20-/m0/s1. The molecule has 0 aromatic heterocycles. The van der Waals surface area contributed by atoms with Crippen molar-refractivity contribution in [1.29, 1.82) is 0 Å². The summed E-state index contributed by atoms with van der Waals surface area (Å²) in [6.45, 7) is 0.838. The molecule has 0 unspecified atom stereocenters. The number of carbonyl (C=O) groups is 2. The van der Waals surface area contributed by atoms with Crippen molar-refractivity contribution in [2.45, 2.75) is 57.0 Å². The van der Waals surface area contributed by atoms with E-state index >= 15 is 0 Å². The summed E-state index contributed by atoms with van der Waals surface area (Å²) in [4.78, 5) is 27.4. The van der Waals surface area contributed by atoms with Crippen LogP contribution in [0.3, 0.4) is 0 Å². The van der Waals surface area contributed by atoms with Crippen LogP contribution in [0.4, 0.5) is 10.1 Å². The van der Waals surface area contributed by atoms with Crippen LogP contribution in [-0.4, -0.2) is 55.5 Å². The van der Waals surface area contributed by atoms with Gasteiger partial charge in [-0.25, -0.2) is 12.8 Å². The minimum Gasteiger partial charge on any atom is -0.351 e. The minimum absolute atomic E-state index is 0.0239. The lowest BCUT2D eigenvalue weighted by Gasteiger charge is -2.46. The molecule has 7 nitrogen and oxygen atoms in total. The zero-order valence-corrected chi connectivity index (χ0v) is 17.7. The molecule has 160 valence electrons. The average Bonchev–Trinajstić information content (AvgIpc) is 2.90. The molecule has 3 rings (SSSR count). The lowest BCUT2D eigenvalue weighted by Crippen LogP contribution is -2.70. The van der Waals surface area contributed by atoms with Gasteiger partial charge >= 0.3 is 0 Å². The van der Waals surface area contributed by atoms with Crippen LogP contribution in [0.2, 0.25) is 0 Å². The van der Waals surface area contributed by atoms with Gasteiger partial charge in [0.1, 0.15) is 11.4 Å². The van der Waals surface area contributed by atoms with E-state index in [-0.39, 0.29) is 18.3 Å². The molecule has 1 aliphatic heterocycles. The maximum Gasteiger partial charge on any atom is 0.247 e. The van der Waals surface area contributed by atoms with Crippen molar-refractivity contribution in [3.63, 3.8) is 0 Å². The molecule has 1 aromatic carbocycles. The van der Waals surface area contributed by atoms with E-state index in [4.69, 9.17) is 0 Å². The van der Waals surface area contributed by atoms with Crippen molar-refractivity contribution in [1.82, 2.24) is 9.62 Å². The Morgan fingerprint density at radius 3 is 2.38 bits per heavy atom. The van der Waals surface area contributed by atoms with E-state index in [1.165, 1.54) is 25.1 Å². The molecular weight excluding hydrogens is 397 g/mol. The highest BCUT2D eigenvalue weighted by Gasteiger charge is 2.51. The predicted molar refractivity (Wildman–Crippen MR) is 108 cm³/mol. The first-order valence-electron chi connectivity index (χ1n) is 9.96. The molecule has 0 radical (unpaired) electrons. The van der Waals surface area contributed by atoms with E-state index in [0.29, 0.717) is 0 Å². The molecule has 1 aliphatic carbocycles. The number of nitrogens with one attached hydrogen (secondary N) is 1. The summed E-state index contributed by atoms with van der Waals surface area (Å²) in [7, 11) is -3.71. The maximum atomic E-state index is 14.5. The molecule has 29 heavy (non-hydrogen) atoms. The quantitative estimate of drug-likeness (QED) is 0.748. The van der Waals surface area contributed by atoms with Gasteiger partial charge in [-0.1, -0.05) is 37.8 Å². The molecule has 2 aliphatic rings. The molecule has 2 fully saturated rings. The van der Waals surface area contributed by atoms with Crippen molar-refractivity contribution in [3.8, 4) is 0 Å². The first-order valence-corrected chi connectivity index (χ1v) is 11.8. The highest BCUT2D eigenvalue weighted by molar-refractivity contribution is 7.88. The van der Waals surface area contributed by atoms with Crippen molar-refractivity contribution in [2.75, 3.05) is 24.2 Å². The topological polar surface area (TPSA) is 86.8 Å². The maximum absolute atomic E-state index is 14.5. The summed E-state index contributed by atoms with van der Waals surface area (Å²) < 4.78 is 39.8. The Labute approximate surface area is 171 Å². The molecule has 0 spiro atoms. The minimum atomic E-state index is -3.71. The van der Waals surface area contributed by atoms with Gasteiger partial charge in [0.15, 0.2) is 0 Å². The molecule has 0 bridgehead atoms. The second-order valence-corrected chi connectivity index (χ2v) is 10.1. The van der Waals surface area contributed by atoms with Crippen molar-refractivity contribution in [2.24, 2.45) is 0 Å². The molecule has 1 N–H and O–H groups in total. The number of sulfonamides is 1. The van der Waals surface area contributed by atoms with Gasteiger partial charge in [0, 0.05) is 12.6 Å². The Kier molecular flexibility index (Phi) is 6.28. The lowest BCUT2D eigenvalue weighted by molar-refractivity contribution is -0.133. The van der Waals surface area contributed by atoms with E-state index in [2.05, 4.69) is 5.32 Å². The number of nitrogens with zero attached hydrogens (tertiary/aromatic N) is 2. The van der Waals surface area contributed by atoms with Gasteiger partial charge in [-0.3, -0.25) is 14.5 Å². The molecule has 1 saturated heterocycles. The van der Waals surface area contributed by atoms with Crippen LogP contribution >= 0.6 is 0 Å². The number of piperazine rings is 1. The number of anilines is 1. The third-order valence-electron chi connectivity index (χ3n) is 5.78. The number of hydrogen-bond acceptors (Lipinski definition) is 4. The Bertz CT molecular complexity index is 883. The number of carbonyl (C=O) groups excluding carboxylic acids is 2. The van der Waals surface area contributed by atoms with Crippen LogP contribution < -0.4 is 10.2 Å². The van der Waals surface area contributed by atoms with Crippen LogP contribution in [0.5, 0.6) is 0 Å². The summed E-state index contributed by atoms with van der Waals surface area (Å²) in [6.07, 6.45) is 6.93. The number of halogens is 1. The van der Waals surface area contributed by atoms with Gasteiger partial charge in [0.05, 0.1) is 18.5 Å². The van der Waals surface area contributed by atoms with Crippen LogP contribution in [-0.2, 0) is 19.6 Å². The van der Waals surface area contributed by atoms with Crippen LogP contribution in [0.1, 0.15) is 45.4 Å². The third-order valence-corrected chi connectivity index (χ3v) is 6.98. The molecule has 1 aromatic rings. The zero-order chi connectivity index (χ0) is 21.2. The predicted octanol–water partition coefficient (Wildman–Crippen LogP) is 2.03. The number of rotatable bonds is 4.